The van der Waals surface area contributed by atoms with Gasteiger partial charge in [-0.1, -0.05) is 11.6 Å². The van der Waals surface area contributed by atoms with E-state index in [0.717, 1.165) is 31.6 Å². The number of carbonyl (C=O) groups is 1. The number of hydrogen-bond acceptors (Lipinski definition) is 2. The Hall–Kier alpha value is -1.29. The van der Waals surface area contributed by atoms with Crippen molar-refractivity contribution in [1.29, 1.82) is 0 Å². The number of halogens is 2. The van der Waals surface area contributed by atoms with Crippen molar-refractivity contribution >= 4 is 28.9 Å². The van der Waals surface area contributed by atoms with Crippen molar-refractivity contribution in [3.05, 3.63) is 23.0 Å². The average Bonchev–Trinajstić information content (AvgIpc) is 2.76. The molecule has 1 N–H and O–H groups in total. The number of hydrogen-bond donors (Lipinski definition) is 1. The standard InChI is InChI=1S/C12H14ClFN2O/c1-8(17)15-12-10(13)6-9(7-11(12)14)16-4-2-3-5-16/h6-7H,2-5H2,1H3,(H,15,17). The molecule has 1 aliphatic rings. The zero-order chi connectivity index (χ0) is 12.4. The lowest BCUT2D eigenvalue weighted by atomic mass is 10.2. The molecule has 92 valence electrons. The molecule has 0 atom stereocenters. The van der Waals surface area contributed by atoms with E-state index >= 15 is 0 Å². The minimum absolute atomic E-state index is 0.0575. The molecule has 0 aliphatic carbocycles. The fraction of sp³-hybridized carbons (Fsp3) is 0.417. The molecule has 1 saturated heterocycles. The molecule has 1 heterocycles. The third-order valence-electron chi connectivity index (χ3n) is 2.80. The first-order valence-electron chi connectivity index (χ1n) is 5.59. The van der Waals surface area contributed by atoms with Crippen LogP contribution in [0, 0.1) is 5.82 Å². The first-order valence-corrected chi connectivity index (χ1v) is 5.97. The van der Waals surface area contributed by atoms with Crippen LogP contribution in [0.15, 0.2) is 12.1 Å². The van der Waals surface area contributed by atoms with Gasteiger partial charge in [-0.15, -0.1) is 0 Å². The summed E-state index contributed by atoms with van der Waals surface area (Å²) in [5.41, 5.74) is 0.834. The largest absolute Gasteiger partial charge is 0.371 e. The lowest BCUT2D eigenvalue weighted by Gasteiger charge is -2.19. The number of benzene rings is 1. The number of anilines is 2. The fourth-order valence-corrected chi connectivity index (χ4v) is 2.26. The molecule has 1 aromatic carbocycles. The summed E-state index contributed by atoms with van der Waals surface area (Å²) in [6.07, 6.45) is 2.24. The first kappa shape index (κ1) is 12.2. The van der Waals surface area contributed by atoms with Gasteiger partial charge in [0.1, 0.15) is 5.82 Å². The van der Waals surface area contributed by atoms with Crippen LogP contribution < -0.4 is 10.2 Å². The molecule has 0 bridgehead atoms. The van der Waals surface area contributed by atoms with Gasteiger partial charge in [-0.3, -0.25) is 4.79 Å². The maximum Gasteiger partial charge on any atom is 0.221 e. The van der Waals surface area contributed by atoms with Gasteiger partial charge >= 0.3 is 0 Å². The second kappa shape index (κ2) is 4.92. The summed E-state index contributed by atoms with van der Waals surface area (Å²) in [7, 11) is 0. The summed E-state index contributed by atoms with van der Waals surface area (Å²) in [5, 5.41) is 2.63. The summed E-state index contributed by atoms with van der Waals surface area (Å²) < 4.78 is 13.8. The lowest BCUT2D eigenvalue weighted by Crippen LogP contribution is -2.18. The zero-order valence-corrected chi connectivity index (χ0v) is 10.4. The van der Waals surface area contributed by atoms with Gasteiger partial charge in [0.15, 0.2) is 0 Å². The topological polar surface area (TPSA) is 32.3 Å². The van der Waals surface area contributed by atoms with Gasteiger partial charge in [0.2, 0.25) is 5.91 Å². The highest BCUT2D eigenvalue weighted by Gasteiger charge is 2.17. The second-order valence-electron chi connectivity index (χ2n) is 4.16. The van der Waals surface area contributed by atoms with Crippen LogP contribution in [0.4, 0.5) is 15.8 Å². The van der Waals surface area contributed by atoms with Gasteiger partial charge in [-0.2, -0.15) is 0 Å². The van der Waals surface area contributed by atoms with Gasteiger partial charge in [0.05, 0.1) is 10.7 Å². The van der Waals surface area contributed by atoms with Crippen LogP contribution in [-0.4, -0.2) is 19.0 Å². The molecule has 5 heteroatoms. The molecule has 3 nitrogen and oxygen atoms in total. The van der Waals surface area contributed by atoms with Gasteiger partial charge in [-0.05, 0) is 25.0 Å². The lowest BCUT2D eigenvalue weighted by molar-refractivity contribution is -0.114. The highest BCUT2D eigenvalue weighted by Crippen LogP contribution is 2.32. The Morgan fingerprint density at radius 1 is 1.41 bits per heavy atom. The number of amides is 1. The monoisotopic (exact) mass is 256 g/mol. The van der Waals surface area contributed by atoms with E-state index in [1.54, 1.807) is 6.07 Å². The molecular weight excluding hydrogens is 243 g/mol. The van der Waals surface area contributed by atoms with Gasteiger partial charge in [0, 0.05) is 25.7 Å². The van der Waals surface area contributed by atoms with Crippen LogP contribution in [0.2, 0.25) is 5.02 Å². The third kappa shape index (κ3) is 2.69. The van der Waals surface area contributed by atoms with Crippen LogP contribution in [0.25, 0.3) is 0 Å². The van der Waals surface area contributed by atoms with E-state index in [2.05, 4.69) is 10.2 Å². The van der Waals surface area contributed by atoms with Crippen molar-refractivity contribution in [1.82, 2.24) is 0 Å². The molecule has 2 rings (SSSR count). The Morgan fingerprint density at radius 2 is 2.06 bits per heavy atom. The normalized spacial score (nSPS) is 15.1. The van der Waals surface area contributed by atoms with Gasteiger partial charge in [-0.25, -0.2) is 4.39 Å². The highest BCUT2D eigenvalue weighted by molar-refractivity contribution is 6.34. The maximum absolute atomic E-state index is 13.8. The van der Waals surface area contributed by atoms with Crippen molar-refractivity contribution in [3.63, 3.8) is 0 Å². The van der Waals surface area contributed by atoms with Crippen LogP contribution in [0.1, 0.15) is 19.8 Å². The van der Waals surface area contributed by atoms with E-state index in [9.17, 15) is 9.18 Å². The summed E-state index contributed by atoms with van der Waals surface area (Å²) in [6.45, 7) is 3.18. The molecule has 1 fully saturated rings. The fourth-order valence-electron chi connectivity index (χ4n) is 2.01. The molecular formula is C12H14ClFN2O. The quantitative estimate of drug-likeness (QED) is 0.882. The molecule has 0 aromatic heterocycles. The molecule has 1 amide bonds. The molecule has 0 saturated carbocycles. The predicted molar refractivity (Wildman–Crippen MR) is 67.2 cm³/mol. The minimum Gasteiger partial charge on any atom is -0.371 e. The van der Waals surface area contributed by atoms with Gasteiger partial charge < -0.3 is 10.2 Å². The van der Waals surface area contributed by atoms with Gasteiger partial charge in [0.25, 0.3) is 0 Å². The Balaban J connectivity index is 2.30. The smallest absolute Gasteiger partial charge is 0.221 e. The Labute approximate surface area is 105 Å². The van der Waals surface area contributed by atoms with E-state index in [1.165, 1.54) is 13.0 Å². The van der Waals surface area contributed by atoms with Crippen molar-refractivity contribution < 1.29 is 9.18 Å². The molecule has 0 spiro atoms. The van der Waals surface area contributed by atoms with E-state index in [0.29, 0.717) is 0 Å². The Bertz CT molecular complexity index is 421. The number of carbonyl (C=O) groups excluding carboxylic acids is 1. The Kier molecular flexibility index (Phi) is 3.52. The van der Waals surface area contributed by atoms with E-state index in [-0.39, 0.29) is 16.6 Å². The summed E-state index contributed by atoms with van der Waals surface area (Å²) in [6, 6.07) is 3.11. The molecule has 0 radical (unpaired) electrons. The highest BCUT2D eigenvalue weighted by atomic mass is 35.5. The van der Waals surface area contributed by atoms with Crippen molar-refractivity contribution in [2.75, 3.05) is 23.3 Å². The number of nitrogens with zero attached hydrogens (tertiary/aromatic N) is 1. The van der Waals surface area contributed by atoms with E-state index in [4.69, 9.17) is 11.6 Å². The minimum atomic E-state index is -0.491. The Morgan fingerprint density at radius 3 is 2.59 bits per heavy atom. The van der Waals surface area contributed by atoms with Crippen LogP contribution >= 0.6 is 11.6 Å². The predicted octanol–water partition coefficient (Wildman–Crippen LogP) is 3.04. The van der Waals surface area contributed by atoms with Crippen LogP contribution in [0.5, 0.6) is 0 Å². The SMILES string of the molecule is CC(=O)Nc1c(F)cc(N2CCCC2)cc1Cl. The van der Waals surface area contributed by atoms with E-state index in [1.807, 2.05) is 0 Å². The molecule has 0 unspecified atom stereocenters. The molecule has 17 heavy (non-hydrogen) atoms. The zero-order valence-electron chi connectivity index (χ0n) is 9.59. The summed E-state index contributed by atoms with van der Waals surface area (Å²) >= 11 is 5.98. The van der Waals surface area contributed by atoms with E-state index < -0.39 is 5.82 Å². The van der Waals surface area contributed by atoms with Crippen molar-refractivity contribution in [3.8, 4) is 0 Å². The third-order valence-corrected chi connectivity index (χ3v) is 3.10. The van der Waals surface area contributed by atoms with Crippen LogP contribution in [-0.2, 0) is 4.79 Å². The average molecular weight is 257 g/mol. The molecule has 1 aromatic rings. The second-order valence-corrected chi connectivity index (χ2v) is 4.57. The first-order chi connectivity index (χ1) is 8.08. The van der Waals surface area contributed by atoms with Crippen molar-refractivity contribution in [2.45, 2.75) is 19.8 Å². The molecule has 1 aliphatic heterocycles. The maximum atomic E-state index is 13.8. The summed E-state index contributed by atoms with van der Waals surface area (Å²) in [4.78, 5) is 13.0. The van der Waals surface area contributed by atoms with Crippen molar-refractivity contribution in [2.24, 2.45) is 0 Å². The number of nitrogens with one attached hydrogen (secondary N) is 1. The number of rotatable bonds is 2. The summed E-state index contributed by atoms with van der Waals surface area (Å²) in [5.74, 6) is -0.825. The van der Waals surface area contributed by atoms with Crippen LogP contribution in [0.3, 0.4) is 0 Å².